The molecule has 9 heteroatoms. The molecule has 0 aliphatic carbocycles. The molecule has 1 heterocycles. The number of aromatic nitrogens is 3. The highest BCUT2D eigenvalue weighted by atomic mass is 35.5. The fourth-order valence-electron chi connectivity index (χ4n) is 3.37. The molecular formula is C26H25ClN4O3S. The minimum absolute atomic E-state index is 0.149. The summed E-state index contributed by atoms with van der Waals surface area (Å²) < 4.78 is 13.4. The van der Waals surface area contributed by atoms with Gasteiger partial charge in [0.15, 0.2) is 17.1 Å². The Hall–Kier alpha value is -3.49. The second-order valence-corrected chi connectivity index (χ2v) is 8.85. The lowest BCUT2D eigenvalue weighted by atomic mass is 10.3. The van der Waals surface area contributed by atoms with Gasteiger partial charge in [-0.25, -0.2) is 0 Å². The summed E-state index contributed by atoms with van der Waals surface area (Å²) in [4.78, 5) is 12.6. The quantitative estimate of drug-likeness (QED) is 0.257. The molecule has 35 heavy (non-hydrogen) atoms. The zero-order valence-corrected chi connectivity index (χ0v) is 20.9. The molecule has 0 radical (unpaired) electrons. The van der Waals surface area contributed by atoms with Gasteiger partial charge in [-0.1, -0.05) is 53.7 Å². The van der Waals surface area contributed by atoms with Crippen LogP contribution in [0.25, 0.3) is 5.69 Å². The first-order valence-corrected chi connectivity index (χ1v) is 12.5. The van der Waals surface area contributed by atoms with E-state index < -0.39 is 6.10 Å². The topological polar surface area (TPSA) is 78.3 Å². The number of hydrogen-bond acceptors (Lipinski definition) is 6. The molecule has 1 unspecified atom stereocenters. The van der Waals surface area contributed by atoms with Crippen molar-refractivity contribution in [1.29, 1.82) is 0 Å². The summed E-state index contributed by atoms with van der Waals surface area (Å²) in [5, 5.41) is 12.7. The van der Waals surface area contributed by atoms with Crippen molar-refractivity contribution in [2.45, 2.75) is 25.1 Å². The van der Waals surface area contributed by atoms with Crippen molar-refractivity contribution in [2.24, 2.45) is 0 Å². The van der Waals surface area contributed by atoms with Crippen LogP contribution >= 0.6 is 23.4 Å². The van der Waals surface area contributed by atoms with Crippen LogP contribution < -0.4 is 14.8 Å². The van der Waals surface area contributed by atoms with Crippen LogP contribution in [0.4, 0.5) is 5.69 Å². The summed E-state index contributed by atoms with van der Waals surface area (Å²) in [5.41, 5.74) is 1.57. The smallest absolute Gasteiger partial charge is 0.234 e. The van der Waals surface area contributed by atoms with Gasteiger partial charge in [0.1, 0.15) is 11.5 Å². The number of para-hydroxylation sites is 2. The van der Waals surface area contributed by atoms with Crippen LogP contribution in [0.2, 0.25) is 5.02 Å². The van der Waals surface area contributed by atoms with E-state index >= 15 is 0 Å². The third-order valence-electron chi connectivity index (χ3n) is 4.96. The normalized spacial score (nSPS) is 11.6. The molecule has 0 aliphatic rings. The molecule has 0 saturated carbocycles. The monoisotopic (exact) mass is 508 g/mol. The summed E-state index contributed by atoms with van der Waals surface area (Å²) in [6.45, 7) is 4.41. The molecule has 1 atom stereocenters. The number of nitrogens with one attached hydrogen (secondary N) is 1. The van der Waals surface area contributed by atoms with Crippen molar-refractivity contribution in [1.82, 2.24) is 14.8 Å². The van der Waals surface area contributed by atoms with E-state index in [-0.39, 0.29) is 11.7 Å². The van der Waals surface area contributed by atoms with Gasteiger partial charge >= 0.3 is 0 Å². The molecule has 0 aliphatic heterocycles. The van der Waals surface area contributed by atoms with Crippen molar-refractivity contribution in [2.75, 3.05) is 17.7 Å². The van der Waals surface area contributed by atoms with Crippen molar-refractivity contribution in [3.05, 3.63) is 89.7 Å². The van der Waals surface area contributed by atoms with Crippen LogP contribution in [-0.4, -0.2) is 33.0 Å². The maximum atomic E-state index is 12.6. The number of thioether (sulfide) groups is 1. The average molecular weight is 509 g/mol. The van der Waals surface area contributed by atoms with Crippen molar-refractivity contribution >= 4 is 35.0 Å². The Kier molecular flexibility index (Phi) is 8.28. The zero-order valence-electron chi connectivity index (χ0n) is 19.3. The number of rotatable bonds is 10. The van der Waals surface area contributed by atoms with Crippen molar-refractivity contribution in [3.8, 4) is 17.2 Å². The average Bonchev–Trinajstić information content (AvgIpc) is 3.30. The highest BCUT2D eigenvalue weighted by Crippen LogP contribution is 2.31. The number of carbonyl (C=O) groups excluding carboxylic acids is 1. The number of ether oxygens (including phenoxy) is 2. The SMILES string of the molecule is CCOc1ccc(NC(=O)CSc2nnc(C(C)Oc3ccccc3Cl)n2-c2ccccc2)cc1. The molecule has 0 saturated heterocycles. The Morgan fingerprint density at radius 3 is 2.46 bits per heavy atom. The van der Waals surface area contributed by atoms with Gasteiger partial charge < -0.3 is 14.8 Å². The summed E-state index contributed by atoms with van der Waals surface area (Å²) in [5.74, 6) is 1.94. The van der Waals surface area contributed by atoms with E-state index in [9.17, 15) is 4.79 Å². The van der Waals surface area contributed by atoms with Gasteiger partial charge in [0.25, 0.3) is 0 Å². The third-order valence-corrected chi connectivity index (χ3v) is 6.20. The second-order valence-electron chi connectivity index (χ2n) is 7.50. The Bertz CT molecular complexity index is 1270. The summed E-state index contributed by atoms with van der Waals surface area (Å²) in [6, 6.07) is 24.3. The van der Waals surface area contributed by atoms with Gasteiger partial charge in [-0.15, -0.1) is 10.2 Å². The minimum atomic E-state index is -0.436. The lowest BCUT2D eigenvalue weighted by Gasteiger charge is -2.17. The summed E-state index contributed by atoms with van der Waals surface area (Å²) >= 11 is 7.57. The molecule has 4 rings (SSSR count). The third kappa shape index (κ3) is 6.35. The first-order valence-electron chi connectivity index (χ1n) is 11.1. The van der Waals surface area contributed by atoms with E-state index in [0.717, 1.165) is 11.4 Å². The number of halogens is 1. The lowest BCUT2D eigenvalue weighted by molar-refractivity contribution is -0.113. The molecule has 180 valence electrons. The molecule has 7 nitrogen and oxygen atoms in total. The number of amides is 1. The molecular weight excluding hydrogens is 484 g/mol. The number of nitrogens with zero attached hydrogens (tertiary/aromatic N) is 3. The van der Waals surface area contributed by atoms with Crippen LogP contribution in [0, 0.1) is 0 Å². The summed E-state index contributed by atoms with van der Waals surface area (Å²) in [7, 11) is 0. The van der Waals surface area contributed by atoms with Crippen LogP contribution in [0.5, 0.6) is 11.5 Å². The van der Waals surface area contributed by atoms with E-state index in [1.165, 1.54) is 11.8 Å². The van der Waals surface area contributed by atoms with Crippen molar-refractivity contribution < 1.29 is 14.3 Å². The Balaban J connectivity index is 1.50. The molecule has 1 aromatic heterocycles. The number of carbonyl (C=O) groups is 1. The van der Waals surface area contributed by atoms with Gasteiger partial charge in [-0.05, 0) is 62.4 Å². The van der Waals surface area contributed by atoms with Crippen LogP contribution in [-0.2, 0) is 4.79 Å². The zero-order chi connectivity index (χ0) is 24.6. The number of hydrogen-bond donors (Lipinski definition) is 1. The van der Waals surface area contributed by atoms with Gasteiger partial charge in [0, 0.05) is 11.4 Å². The van der Waals surface area contributed by atoms with Crippen LogP contribution in [0.3, 0.4) is 0 Å². The molecule has 1 amide bonds. The molecule has 0 fully saturated rings. The van der Waals surface area contributed by atoms with Gasteiger partial charge in [0.2, 0.25) is 5.91 Å². The molecule has 4 aromatic rings. The summed E-state index contributed by atoms with van der Waals surface area (Å²) in [6.07, 6.45) is -0.436. The van der Waals surface area contributed by atoms with E-state index in [0.29, 0.717) is 34.0 Å². The van der Waals surface area contributed by atoms with Crippen LogP contribution in [0.15, 0.2) is 84.0 Å². The van der Waals surface area contributed by atoms with Gasteiger partial charge in [-0.3, -0.25) is 9.36 Å². The predicted molar refractivity (Wildman–Crippen MR) is 139 cm³/mol. The maximum Gasteiger partial charge on any atom is 0.234 e. The first-order chi connectivity index (χ1) is 17.0. The highest BCUT2D eigenvalue weighted by molar-refractivity contribution is 7.99. The number of anilines is 1. The standard InChI is InChI=1S/C26H25ClN4O3S/c1-3-33-21-15-13-19(14-16-21)28-24(32)17-35-26-30-29-25(31(26)20-9-5-4-6-10-20)18(2)34-23-12-8-7-11-22(23)27/h4-16,18H,3,17H2,1-2H3,(H,28,32). The highest BCUT2D eigenvalue weighted by Gasteiger charge is 2.22. The Morgan fingerprint density at radius 1 is 1.03 bits per heavy atom. The van der Waals surface area contributed by atoms with Crippen molar-refractivity contribution in [3.63, 3.8) is 0 Å². The van der Waals surface area contributed by atoms with Gasteiger partial charge in [-0.2, -0.15) is 0 Å². The first kappa shape index (κ1) is 24.6. The van der Waals surface area contributed by atoms with Gasteiger partial charge in [0.05, 0.1) is 17.4 Å². The van der Waals surface area contributed by atoms with E-state index in [4.69, 9.17) is 21.1 Å². The second kappa shape index (κ2) is 11.8. The Morgan fingerprint density at radius 2 is 1.74 bits per heavy atom. The maximum absolute atomic E-state index is 12.6. The van der Waals surface area contributed by atoms with Crippen LogP contribution in [0.1, 0.15) is 25.8 Å². The van der Waals surface area contributed by atoms with E-state index in [1.807, 2.05) is 91.2 Å². The van der Waals surface area contributed by atoms with E-state index in [1.54, 1.807) is 6.07 Å². The molecule has 1 N–H and O–H groups in total. The number of benzene rings is 3. The largest absolute Gasteiger partial charge is 0.494 e. The minimum Gasteiger partial charge on any atom is -0.494 e. The van der Waals surface area contributed by atoms with E-state index in [2.05, 4.69) is 15.5 Å². The lowest BCUT2D eigenvalue weighted by Crippen LogP contribution is -2.15. The molecule has 0 bridgehead atoms. The molecule has 0 spiro atoms. The predicted octanol–water partition coefficient (Wildman–Crippen LogP) is 6.19. The Labute approximate surface area is 213 Å². The fourth-order valence-corrected chi connectivity index (χ4v) is 4.31. The fraction of sp³-hybridized carbons (Fsp3) is 0.192. The molecule has 3 aromatic carbocycles.